The van der Waals surface area contributed by atoms with Crippen molar-refractivity contribution < 1.29 is 32.2 Å². The van der Waals surface area contributed by atoms with Crippen LogP contribution < -0.4 is 18.9 Å². The number of likely N-dealkylation sites (tertiary alicyclic amines) is 1. The van der Waals surface area contributed by atoms with Crippen molar-refractivity contribution in [2.75, 3.05) is 32.0 Å². The molecule has 2 aromatic carbocycles. The topological polar surface area (TPSA) is 103 Å². The molecule has 1 saturated heterocycles. The number of hydrogen-bond donors (Lipinski definition) is 1. The van der Waals surface area contributed by atoms with E-state index in [1.165, 1.54) is 32.4 Å². The summed E-state index contributed by atoms with van der Waals surface area (Å²) in [5.74, 6) is 1.34. The first-order valence-electron chi connectivity index (χ1n) is 10.5. The maximum Gasteiger partial charge on any atom is 0.410 e. The zero-order valence-electron chi connectivity index (χ0n) is 19.5. The van der Waals surface area contributed by atoms with Gasteiger partial charge < -0.3 is 23.8 Å². The molecule has 0 aliphatic carbocycles. The van der Waals surface area contributed by atoms with Crippen LogP contribution in [0.2, 0.25) is 0 Å². The van der Waals surface area contributed by atoms with Crippen molar-refractivity contribution in [1.82, 2.24) is 4.90 Å². The van der Waals surface area contributed by atoms with Crippen molar-refractivity contribution in [3.8, 4) is 17.2 Å². The van der Waals surface area contributed by atoms with Gasteiger partial charge in [0.1, 0.15) is 17.5 Å². The standard InChI is InChI=1S/C23H30N2O7S/c1-23(2,3)32-22(26)25-13-12-18(15-25)31-17-8-6-16(7-9-17)24-33(27,28)19-10-11-20(29-4)21(14-19)30-5/h6-11,14,18,24H,12-13,15H2,1-5H3. The molecule has 1 atom stereocenters. The van der Waals surface area contributed by atoms with Crippen LogP contribution in [0, 0.1) is 0 Å². The predicted molar refractivity (Wildman–Crippen MR) is 124 cm³/mol. The molecule has 33 heavy (non-hydrogen) atoms. The lowest BCUT2D eigenvalue weighted by atomic mass is 10.2. The van der Waals surface area contributed by atoms with Crippen molar-refractivity contribution in [2.45, 2.75) is 43.8 Å². The minimum absolute atomic E-state index is 0.0497. The van der Waals surface area contributed by atoms with Crippen molar-refractivity contribution in [1.29, 1.82) is 0 Å². The molecule has 1 aliphatic rings. The van der Waals surface area contributed by atoms with Crippen LogP contribution in [0.15, 0.2) is 47.4 Å². The average molecular weight is 479 g/mol. The van der Waals surface area contributed by atoms with E-state index >= 15 is 0 Å². The zero-order valence-corrected chi connectivity index (χ0v) is 20.3. The molecule has 10 heteroatoms. The molecule has 0 saturated carbocycles. The smallest absolute Gasteiger partial charge is 0.410 e. The Bertz CT molecular complexity index is 1080. The van der Waals surface area contributed by atoms with Gasteiger partial charge in [0.15, 0.2) is 11.5 Å². The van der Waals surface area contributed by atoms with Crippen LogP contribution >= 0.6 is 0 Å². The summed E-state index contributed by atoms with van der Waals surface area (Å²) in [6, 6.07) is 11.0. The van der Waals surface area contributed by atoms with Gasteiger partial charge in [-0.2, -0.15) is 0 Å². The zero-order chi connectivity index (χ0) is 24.2. The van der Waals surface area contributed by atoms with E-state index in [2.05, 4.69) is 4.72 Å². The van der Waals surface area contributed by atoms with E-state index in [1.54, 1.807) is 29.2 Å². The third-order valence-electron chi connectivity index (χ3n) is 4.87. The monoisotopic (exact) mass is 478 g/mol. The van der Waals surface area contributed by atoms with Gasteiger partial charge in [-0.15, -0.1) is 0 Å². The molecule has 9 nitrogen and oxygen atoms in total. The molecule has 1 unspecified atom stereocenters. The van der Waals surface area contributed by atoms with Crippen LogP contribution in [0.5, 0.6) is 17.2 Å². The Morgan fingerprint density at radius 3 is 2.30 bits per heavy atom. The highest BCUT2D eigenvalue weighted by Gasteiger charge is 2.30. The van der Waals surface area contributed by atoms with Crippen LogP contribution in [0.4, 0.5) is 10.5 Å². The number of rotatable bonds is 7. The van der Waals surface area contributed by atoms with E-state index in [9.17, 15) is 13.2 Å². The van der Waals surface area contributed by atoms with Crippen molar-refractivity contribution in [3.05, 3.63) is 42.5 Å². The number of nitrogens with one attached hydrogen (secondary N) is 1. The number of nitrogens with zero attached hydrogens (tertiary/aromatic N) is 1. The number of carbonyl (C=O) groups is 1. The minimum Gasteiger partial charge on any atom is -0.493 e. The first kappa shape index (κ1) is 24.5. The highest BCUT2D eigenvalue weighted by Crippen LogP contribution is 2.30. The number of sulfonamides is 1. The highest BCUT2D eigenvalue weighted by atomic mass is 32.2. The van der Waals surface area contributed by atoms with Crippen LogP contribution in [-0.2, 0) is 14.8 Å². The SMILES string of the molecule is COc1ccc(S(=O)(=O)Nc2ccc(OC3CCN(C(=O)OC(C)(C)C)C3)cc2)cc1OC. The molecule has 1 heterocycles. The number of amides is 1. The van der Waals surface area contributed by atoms with E-state index < -0.39 is 15.6 Å². The quantitative estimate of drug-likeness (QED) is 0.644. The Labute approximate surface area is 194 Å². The van der Waals surface area contributed by atoms with Crippen LogP contribution in [0.3, 0.4) is 0 Å². The second-order valence-corrected chi connectivity index (χ2v) is 10.3. The summed E-state index contributed by atoms with van der Waals surface area (Å²) in [5.41, 5.74) is -0.158. The molecule has 180 valence electrons. The highest BCUT2D eigenvalue weighted by molar-refractivity contribution is 7.92. The van der Waals surface area contributed by atoms with Gasteiger partial charge in [0, 0.05) is 24.7 Å². The van der Waals surface area contributed by atoms with Gasteiger partial charge >= 0.3 is 6.09 Å². The summed E-state index contributed by atoms with van der Waals surface area (Å²) < 4.78 is 49.7. The second kappa shape index (κ2) is 9.78. The van der Waals surface area contributed by atoms with Crippen molar-refractivity contribution >= 4 is 21.8 Å². The molecule has 1 amide bonds. The second-order valence-electron chi connectivity index (χ2n) is 8.60. The summed E-state index contributed by atoms with van der Waals surface area (Å²) in [6.45, 7) is 6.48. The summed E-state index contributed by atoms with van der Waals surface area (Å²) in [6.07, 6.45) is 0.174. The Morgan fingerprint density at radius 1 is 1.03 bits per heavy atom. The third-order valence-corrected chi connectivity index (χ3v) is 6.25. The minimum atomic E-state index is -3.82. The van der Waals surface area contributed by atoms with Gasteiger partial charge in [0.25, 0.3) is 10.0 Å². The predicted octanol–water partition coefficient (Wildman–Crippen LogP) is 3.89. The molecule has 0 bridgehead atoms. The van der Waals surface area contributed by atoms with Gasteiger partial charge in [-0.25, -0.2) is 13.2 Å². The fraction of sp³-hybridized carbons (Fsp3) is 0.435. The molecule has 0 aromatic heterocycles. The largest absolute Gasteiger partial charge is 0.493 e. The lowest BCUT2D eigenvalue weighted by Crippen LogP contribution is -2.36. The lowest BCUT2D eigenvalue weighted by Gasteiger charge is -2.24. The van der Waals surface area contributed by atoms with Gasteiger partial charge in [-0.05, 0) is 57.2 Å². The molecule has 2 aromatic rings. The summed E-state index contributed by atoms with van der Waals surface area (Å²) in [4.78, 5) is 13.9. The number of methoxy groups -OCH3 is 2. The van der Waals surface area contributed by atoms with E-state index in [1.807, 2.05) is 20.8 Å². The Morgan fingerprint density at radius 2 is 1.70 bits per heavy atom. The molecule has 1 aliphatic heterocycles. The first-order valence-corrected chi connectivity index (χ1v) is 12.0. The van der Waals surface area contributed by atoms with Crippen molar-refractivity contribution in [2.24, 2.45) is 0 Å². The van der Waals surface area contributed by atoms with E-state index in [-0.39, 0.29) is 17.1 Å². The Kier molecular flexibility index (Phi) is 7.26. The lowest BCUT2D eigenvalue weighted by molar-refractivity contribution is 0.0275. The van der Waals surface area contributed by atoms with Crippen molar-refractivity contribution in [3.63, 3.8) is 0 Å². The first-order chi connectivity index (χ1) is 15.5. The Balaban J connectivity index is 1.60. The van der Waals surface area contributed by atoms with E-state index in [0.717, 1.165) is 0 Å². The normalized spacial score (nSPS) is 16.3. The number of ether oxygens (including phenoxy) is 4. The summed E-state index contributed by atoms with van der Waals surface area (Å²) in [5, 5.41) is 0. The van der Waals surface area contributed by atoms with Gasteiger partial charge in [0.05, 0.1) is 25.7 Å². The van der Waals surface area contributed by atoms with Gasteiger partial charge in [-0.3, -0.25) is 4.72 Å². The number of benzene rings is 2. The number of anilines is 1. The molecular weight excluding hydrogens is 448 g/mol. The summed E-state index contributed by atoms with van der Waals surface area (Å²) >= 11 is 0. The fourth-order valence-electron chi connectivity index (χ4n) is 3.31. The molecule has 1 N–H and O–H groups in total. The van der Waals surface area contributed by atoms with E-state index in [4.69, 9.17) is 18.9 Å². The number of hydrogen-bond acceptors (Lipinski definition) is 7. The van der Waals surface area contributed by atoms with Crippen LogP contribution in [0.25, 0.3) is 0 Å². The van der Waals surface area contributed by atoms with Gasteiger partial charge in [-0.1, -0.05) is 0 Å². The van der Waals surface area contributed by atoms with Crippen LogP contribution in [0.1, 0.15) is 27.2 Å². The van der Waals surface area contributed by atoms with Crippen LogP contribution in [-0.4, -0.2) is 58.4 Å². The fourth-order valence-corrected chi connectivity index (χ4v) is 4.38. The maximum absolute atomic E-state index is 12.7. The summed E-state index contributed by atoms with van der Waals surface area (Å²) in [7, 11) is -0.900. The number of carbonyl (C=O) groups excluding carboxylic acids is 1. The molecule has 0 spiro atoms. The van der Waals surface area contributed by atoms with E-state index in [0.29, 0.717) is 42.4 Å². The third kappa shape index (κ3) is 6.44. The molecule has 1 fully saturated rings. The maximum atomic E-state index is 12.7. The molecule has 0 radical (unpaired) electrons. The van der Waals surface area contributed by atoms with Gasteiger partial charge in [0.2, 0.25) is 0 Å². The average Bonchev–Trinajstić information content (AvgIpc) is 3.22. The molecule has 3 rings (SSSR count). The Hall–Kier alpha value is -3.14. The molecular formula is C23H30N2O7S.